The standard InChI is InChI=1S/C17H26BrFN4O2.HI/c1-17(2,3)25-16(24)22-9-5-8-21-15(20-4)23-11-12-10-13(19)6-7-14(12)18;/h6-7,10H,5,8-9,11H2,1-4H3,(H,22,24)(H2,20,21,23);1H. The van der Waals surface area contributed by atoms with Crippen LogP contribution in [0.5, 0.6) is 0 Å². The number of rotatable bonds is 6. The Bertz CT molecular complexity index is 609. The van der Waals surface area contributed by atoms with E-state index in [4.69, 9.17) is 4.74 Å². The van der Waals surface area contributed by atoms with Crippen LogP contribution < -0.4 is 16.0 Å². The second-order valence-corrected chi connectivity index (χ2v) is 7.22. The highest BCUT2D eigenvalue weighted by atomic mass is 127. The smallest absolute Gasteiger partial charge is 0.407 e. The number of alkyl carbamates (subject to hydrolysis) is 1. The molecule has 0 atom stereocenters. The zero-order valence-corrected chi connectivity index (χ0v) is 19.4. The van der Waals surface area contributed by atoms with Gasteiger partial charge in [0.2, 0.25) is 0 Å². The van der Waals surface area contributed by atoms with E-state index < -0.39 is 11.7 Å². The van der Waals surface area contributed by atoms with E-state index in [9.17, 15) is 9.18 Å². The summed E-state index contributed by atoms with van der Waals surface area (Å²) in [5, 5.41) is 8.94. The van der Waals surface area contributed by atoms with Gasteiger partial charge in [0.25, 0.3) is 0 Å². The fourth-order valence-electron chi connectivity index (χ4n) is 1.88. The van der Waals surface area contributed by atoms with Crippen LogP contribution in [0.1, 0.15) is 32.8 Å². The number of halogens is 3. The molecule has 6 nitrogen and oxygen atoms in total. The molecule has 1 amide bonds. The topological polar surface area (TPSA) is 74.8 Å². The molecule has 0 saturated heterocycles. The van der Waals surface area contributed by atoms with Gasteiger partial charge in [0.05, 0.1) is 0 Å². The van der Waals surface area contributed by atoms with Gasteiger partial charge in [-0.1, -0.05) is 15.9 Å². The molecule has 3 N–H and O–H groups in total. The maximum Gasteiger partial charge on any atom is 0.407 e. The summed E-state index contributed by atoms with van der Waals surface area (Å²) in [5.74, 6) is 0.324. The van der Waals surface area contributed by atoms with E-state index in [1.54, 1.807) is 13.1 Å². The number of aliphatic imine (C=N–C) groups is 1. The van der Waals surface area contributed by atoms with E-state index in [1.165, 1.54) is 12.1 Å². The van der Waals surface area contributed by atoms with Crippen LogP contribution in [0.25, 0.3) is 0 Å². The highest BCUT2D eigenvalue weighted by Crippen LogP contribution is 2.17. The van der Waals surface area contributed by atoms with Crippen molar-refractivity contribution in [3.8, 4) is 0 Å². The summed E-state index contributed by atoms with van der Waals surface area (Å²) in [4.78, 5) is 15.6. The first-order valence-electron chi connectivity index (χ1n) is 8.06. The molecule has 1 aromatic carbocycles. The second-order valence-electron chi connectivity index (χ2n) is 6.37. The molecule has 0 aromatic heterocycles. The number of carbonyl (C=O) groups is 1. The van der Waals surface area contributed by atoms with Crippen molar-refractivity contribution in [2.24, 2.45) is 4.99 Å². The van der Waals surface area contributed by atoms with Gasteiger partial charge in [-0.05, 0) is 51.0 Å². The molecule has 148 valence electrons. The average molecular weight is 545 g/mol. The van der Waals surface area contributed by atoms with Crippen molar-refractivity contribution in [2.75, 3.05) is 20.1 Å². The van der Waals surface area contributed by atoms with Crippen LogP contribution in [0.4, 0.5) is 9.18 Å². The molecule has 1 rings (SSSR count). The lowest BCUT2D eigenvalue weighted by Gasteiger charge is -2.19. The molecule has 0 fully saturated rings. The summed E-state index contributed by atoms with van der Waals surface area (Å²) in [6.07, 6.45) is 0.287. The summed E-state index contributed by atoms with van der Waals surface area (Å²) >= 11 is 3.39. The van der Waals surface area contributed by atoms with E-state index in [0.29, 0.717) is 32.0 Å². The summed E-state index contributed by atoms with van der Waals surface area (Å²) in [5.41, 5.74) is 0.300. The number of benzene rings is 1. The Labute approximate surface area is 179 Å². The van der Waals surface area contributed by atoms with E-state index in [1.807, 2.05) is 20.8 Å². The molecule has 0 spiro atoms. The zero-order chi connectivity index (χ0) is 18.9. The molecule has 0 aliphatic carbocycles. The summed E-state index contributed by atoms with van der Waals surface area (Å²) in [6, 6.07) is 4.54. The summed E-state index contributed by atoms with van der Waals surface area (Å²) < 4.78 is 19.3. The SMILES string of the molecule is CN=C(NCCCNC(=O)OC(C)(C)C)NCc1cc(F)ccc1Br.I. The van der Waals surface area contributed by atoms with Crippen LogP contribution in [-0.4, -0.2) is 37.8 Å². The maximum absolute atomic E-state index is 13.3. The van der Waals surface area contributed by atoms with Crippen molar-refractivity contribution >= 4 is 52.0 Å². The van der Waals surface area contributed by atoms with E-state index in [-0.39, 0.29) is 29.8 Å². The normalized spacial score (nSPS) is 11.4. The number of ether oxygens (including phenoxy) is 1. The highest BCUT2D eigenvalue weighted by molar-refractivity contribution is 14.0. The first-order valence-corrected chi connectivity index (χ1v) is 8.86. The largest absolute Gasteiger partial charge is 0.444 e. The minimum Gasteiger partial charge on any atom is -0.444 e. The van der Waals surface area contributed by atoms with Crippen LogP contribution in [-0.2, 0) is 11.3 Å². The number of nitrogens with zero attached hydrogens (tertiary/aromatic N) is 1. The summed E-state index contributed by atoms with van der Waals surface area (Å²) in [6.45, 7) is 7.02. The van der Waals surface area contributed by atoms with Crippen LogP contribution in [0.2, 0.25) is 0 Å². The number of carbonyl (C=O) groups excluding carboxylic acids is 1. The second kappa shape index (κ2) is 12.3. The average Bonchev–Trinajstić information content (AvgIpc) is 2.51. The molecule has 0 aliphatic rings. The van der Waals surface area contributed by atoms with Crippen LogP contribution in [0.3, 0.4) is 0 Å². The van der Waals surface area contributed by atoms with Crippen molar-refractivity contribution in [3.05, 3.63) is 34.1 Å². The molecule has 0 radical (unpaired) electrons. The third kappa shape index (κ3) is 10.8. The number of nitrogens with one attached hydrogen (secondary N) is 3. The molecule has 0 heterocycles. The molecule has 1 aromatic rings. The molecule has 26 heavy (non-hydrogen) atoms. The van der Waals surface area contributed by atoms with Gasteiger partial charge in [0, 0.05) is 31.2 Å². The number of guanidine groups is 1. The zero-order valence-electron chi connectivity index (χ0n) is 15.5. The maximum atomic E-state index is 13.3. The van der Waals surface area contributed by atoms with E-state index >= 15 is 0 Å². The van der Waals surface area contributed by atoms with Crippen molar-refractivity contribution in [1.29, 1.82) is 0 Å². The molecule has 9 heteroatoms. The molecule has 0 saturated carbocycles. The van der Waals surface area contributed by atoms with E-state index in [0.717, 1.165) is 10.0 Å². The molecule has 0 bridgehead atoms. The Balaban J connectivity index is 0.00000625. The van der Waals surface area contributed by atoms with Gasteiger partial charge in [0.1, 0.15) is 11.4 Å². The van der Waals surface area contributed by atoms with Crippen molar-refractivity contribution in [1.82, 2.24) is 16.0 Å². The first kappa shape index (κ1) is 24.9. The van der Waals surface area contributed by atoms with Gasteiger partial charge in [-0.2, -0.15) is 0 Å². The third-order valence-corrected chi connectivity index (χ3v) is 3.77. The van der Waals surface area contributed by atoms with Crippen LogP contribution >= 0.6 is 39.9 Å². The Kier molecular flexibility index (Phi) is 11.8. The van der Waals surface area contributed by atoms with Crippen molar-refractivity contribution < 1.29 is 13.9 Å². The van der Waals surface area contributed by atoms with Gasteiger partial charge in [-0.3, -0.25) is 4.99 Å². The molecule has 0 aliphatic heterocycles. The Morgan fingerprint density at radius 2 is 1.88 bits per heavy atom. The highest BCUT2D eigenvalue weighted by Gasteiger charge is 2.15. The van der Waals surface area contributed by atoms with Crippen LogP contribution in [0.15, 0.2) is 27.7 Å². The van der Waals surface area contributed by atoms with Gasteiger partial charge < -0.3 is 20.7 Å². The van der Waals surface area contributed by atoms with Crippen molar-refractivity contribution in [3.63, 3.8) is 0 Å². The molecule has 0 unspecified atom stereocenters. The van der Waals surface area contributed by atoms with Gasteiger partial charge in [-0.25, -0.2) is 9.18 Å². The van der Waals surface area contributed by atoms with Gasteiger partial charge >= 0.3 is 6.09 Å². The van der Waals surface area contributed by atoms with Gasteiger partial charge in [-0.15, -0.1) is 24.0 Å². The predicted molar refractivity (Wildman–Crippen MR) is 117 cm³/mol. The fourth-order valence-corrected chi connectivity index (χ4v) is 2.26. The number of amides is 1. The number of hydrogen-bond donors (Lipinski definition) is 3. The minimum absolute atomic E-state index is 0. The predicted octanol–water partition coefficient (Wildman–Crippen LogP) is 3.79. The Morgan fingerprint density at radius 3 is 2.50 bits per heavy atom. The van der Waals surface area contributed by atoms with E-state index in [2.05, 4.69) is 36.9 Å². The quantitative estimate of drug-likeness (QED) is 0.220. The fraction of sp³-hybridized carbons (Fsp3) is 0.529. The minimum atomic E-state index is -0.501. The monoisotopic (exact) mass is 544 g/mol. The van der Waals surface area contributed by atoms with Crippen molar-refractivity contribution in [2.45, 2.75) is 39.3 Å². The Hall–Kier alpha value is -1.10. The molecular weight excluding hydrogens is 518 g/mol. The lowest BCUT2D eigenvalue weighted by Crippen LogP contribution is -2.39. The molecular formula is C17H27BrFIN4O2. The Morgan fingerprint density at radius 1 is 1.23 bits per heavy atom. The lowest BCUT2D eigenvalue weighted by molar-refractivity contribution is 0.0527. The summed E-state index contributed by atoms with van der Waals surface area (Å²) in [7, 11) is 1.66. The lowest BCUT2D eigenvalue weighted by atomic mass is 10.2. The first-order chi connectivity index (χ1) is 11.7. The van der Waals surface area contributed by atoms with Gasteiger partial charge in [0.15, 0.2) is 5.96 Å². The van der Waals surface area contributed by atoms with Crippen LogP contribution in [0, 0.1) is 5.82 Å². The number of hydrogen-bond acceptors (Lipinski definition) is 3. The third-order valence-electron chi connectivity index (χ3n) is 2.99.